The van der Waals surface area contributed by atoms with Gasteiger partial charge in [-0.3, -0.25) is 9.69 Å². The van der Waals surface area contributed by atoms with Crippen molar-refractivity contribution in [2.75, 3.05) is 44.2 Å². The first-order chi connectivity index (χ1) is 14.2. The normalized spacial score (nSPS) is 23.4. The quantitative estimate of drug-likeness (QED) is 0.797. The molecule has 0 N–H and O–H groups in total. The van der Waals surface area contributed by atoms with Gasteiger partial charge in [0.05, 0.1) is 0 Å². The zero-order chi connectivity index (χ0) is 19.8. The van der Waals surface area contributed by atoms with Crippen molar-refractivity contribution in [3.8, 4) is 0 Å². The molecule has 1 aromatic carbocycles. The fraction of sp³-hybridized carbons (Fsp3) is 0.565. The van der Waals surface area contributed by atoms with E-state index in [1.54, 1.807) is 0 Å². The van der Waals surface area contributed by atoms with Crippen LogP contribution in [-0.4, -0.2) is 66.2 Å². The van der Waals surface area contributed by atoms with Crippen LogP contribution in [0.5, 0.6) is 0 Å². The molecule has 154 valence electrons. The molecule has 1 amide bonds. The summed E-state index contributed by atoms with van der Waals surface area (Å²) >= 11 is 0. The van der Waals surface area contributed by atoms with Crippen molar-refractivity contribution in [1.82, 2.24) is 15.0 Å². The minimum Gasteiger partial charge on any atom is -0.369 e. The van der Waals surface area contributed by atoms with Gasteiger partial charge in [-0.1, -0.05) is 23.4 Å². The van der Waals surface area contributed by atoms with Crippen LogP contribution in [0.15, 0.2) is 34.9 Å². The van der Waals surface area contributed by atoms with Gasteiger partial charge in [0.2, 0.25) is 0 Å². The van der Waals surface area contributed by atoms with Crippen LogP contribution < -0.4 is 4.90 Å². The SMILES string of the molecule is Cc1ccccc1N1CCN(C2CCCN(C(=O)c3cc(C4CC4)on3)C2)CC1. The molecule has 6 nitrogen and oxygen atoms in total. The van der Waals surface area contributed by atoms with Gasteiger partial charge in [-0.15, -0.1) is 0 Å². The molecule has 6 heteroatoms. The lowest BCUT2D eigenvalue weighted by molar-refractivity contribution is 0.0554. The maximum Gasteiger partial charge on any atom is 0.276 e. The van der Waals surface area contributed by atoms with Gasteiger partial charge < -0.3 is 14.3 Å². The average Bonchev–Trinajstić information content (AvgIpc) is 3.50. The molecular weight excluding hydrogens is 364 g/mol. The molecule has 0 spiro atoms. The van der Waals surface area contributed by atoms with Gasteiger partial charge in [0.1, 0.15) is 5.76 Å². The van der Waals surface area contributed by atoms with E-state index >= 15 is 0 Å². The molecule has 3 aliphatic rings. The molecule has 1 saturated carbocycles. The average molecular weight is 395 g/mol. The first kappa shape index (κ1) is 18.7. The summed E-state index contributed by atoms with van der Waals surface area (Å²) in [6, 6.07) is 10.9. The second kappa shape index (κ2) is 7.82. The summed E-state index contributed by atoms with van der Waals surface area (Å²) in [6.07, 6.45) is 4.54. The van der Waals surface area contributed by atoms with E-state index in [0.29, 0.717) is 17.7 Å². The van der Waals surface area contributed by atoms with Crippen LogP contribution in [0.3, 0.4) is 0 Å². The number of rotatable bonds is 4. The molecule has 2 aromatic rings. The number of likely N-dealkylation sites (tertiary alicyclic amines) is 1. The number of carbonyl (C=O) groups excluding carboxylic acids is 1. The van der Waals surface area contributed by atoms with Gasteiger partial charge in [-0.2, -0.15) is 0 Å². The van der Waals surface area contributed by atoms with E-state index < -0.39 is 0 Å². The summed E-state index contributed by atoms with van der Waals surface area (Å²) in [5.41, 5.74) is 3.18. The Morgan fingerprint density at radius 2 is 1.86 bits per heavy atom. The van der Waals surface area contributed by atoms with E-state index in [1.807, 2.05) is 11.0 Å². The highest BCUT2D eigenvalue weighted by Crippen LogP contribution is 2.40. The number of nitrogens with zero attached hydrogens (tertiary/aromatic N) is 4. The molecule has 3 fully saturated rings. The number of anilines is 1. The molecule has 1 aliphatic carbocycles. The number of piperazine rings is 1. The molecule has 2 saturated heterocycles. The Balaban J connectivity index is 1.19. The number of hydrogen-bond donors (Lipinski definition) is 0. The second-order valence-corrected chi connectivity index (χ2v) is 8.75. The highest BCUT2D eigenvalue weighted by Gasteiger charge is 2.33. The van der Waals surface area contributed by atoms with Gasteiger partial charge in [0.25, 0.3) is 5.91 Å². The molecule has 0 bridgehead atoms. The summed E-state index contributed by atoms with van der Waals surface area (Å²) in [5, 5.41) is 4.06. The summed E-state index contributed by atoms with van der Waals surface area (Å²) in [4.78, 5) is 20.0. The van der Waals surface area contributed by atoms with Gasteiger partial charge in [0.15, 0.2) is 5.69 Å². The highest BCUT2D eigenvalue weighted by molar-refractivity contribution is 5.92. The minimum absolute atomic E-state index is 0.0314. The Kier molecular flexibility index (Phi) is 5.04. The van der Waals surface area contributed by atoms with Crippen LogP contribution in [0.2, 0.25) is 0 Å². The number of amides is 1. The van der Waals surface area contributed by atoms with Crippen LogP contribution in [0.1, 0.15) is 53.4 Å². The van der Waals surface area contributed by atoms with Crippen LogP contribution in [0.4, 0.5) is 5.69 Å². The van der Waals surface area contributed by atoms with Crippen molar-refractivity contribution in [2.45, 2.75) is 44.6 Å². The molecule has 1 unspecified atom stereocenters. The maximum atomic E-state index is 12.9. The van der Waals surface area contributed by atoms with E-state index in [2.05, 4.69) is 46.1 Å². The van der Waals surface area contributed by atoms with E-state index in [4.69, 9.17) is 4.52 Å². The number of aromatic nitrogens is 1. The molecule has 1 atom stereocenters. The first-order valence-electron chi connectivity index (χ1n) is 11.0. The molecule has 5 rings (SSSR count). The van der Waals surface area contributed by atoms with Crippen molar-refractivity contribution in [3.05, 3.63) is 47.3 Å². The van der Waals surface area contributed by atoms with Gasteiger partial charge in [-0.05, 0) is 44.2 Å². The maximum absolute atomic E-state index is 12.9. The number of aryl methyl sites for hydroxylation is 1. The standard InChI is InChI=1S/C23H30N4O2/c1-17-5-2-3-7-21(17)26-13-11-25(12-14-26)19-6-4-10-27(16-19)23(28)20-15-22(29-24-20)18-8-9-18/h2-3,5,7,15,18-19H,4,6,8-14,16H2,1H3. The van der Waals surface area contributed by atoms with Crippen molar-refractivity contribution in [3.63, 3.8) is 0 Å². The third-order valence-corrected chi connectivity index (χ3v) is 6.70. The van der Waals surface area contributed by atoms with Crippen molar-refractivity contribution >= 4 is 11.6 Å². The van der Waals surface area contributed by atoms with Crippen LogP contribution in [-0.2, 0) is 0 Å². The smallest absolute Gasteiger partial charge is 0.276 e. The Labute approximate surface area is 172 Å². The van der Waals surface area contributed by atoms with Crippen LogP contribution in [0, 0.1) is 6.92 Å². The number of piperidine rings is 1. The van der Waals surface area contributed by atoms with Crippen molar-refractivity contribution in [1.29, 1.82) is 0 Å². The molecule has 0 radical (unpaired) electrons. The summed E-state index contributed by atoms with van der Waals surface area (Å²) in [7, 11) is 0. The fourth-order valence-electron chi connectivity index (χ4n) is 4.80. The zero-order valence-electron chi connectivity index (χ0n) is 17.2. The lowest BCUT2D eigenvalue weighted by Crippen LogP contribution is -2.56. The Morgan fingerprint density at radius 1 is 1.07 bits per heavy atom. The van der Waals surface area contributed by atoms with Gasteiger partial charge in [0, 0.05) is 63.0 Å². The largest absolute Gasteiger partial charge is 0.369 e. The third kappa shape index (κ3) is 3.90. The van der Waals surface area contributed by atoms with Gasteiger partial charge in [-0.25, -0.2) is 0 Å². The predicted octanol–water partition coefficient (Wildman–Crippen LogP) is 3.29. The summed E-state index contributed by atoms with van der Waals surface area (Å²) in [5.74, 6) is 1.40. The molecule has 3 heterocycles. The Morgan fingerprint density at radius 3 is 2.62 bits per heavy atom. The lowest BCUT2D eigenvalue weighted by atomic mass is 10.0. The molecule has 29 heavy (non-hydrogen) atoms. The summed E-state index contributed by atoms with van der Waals surface area (Å²) in [6.45, 7) is 8.00. The Hall–Kier alpha value is -2.34. The van der Waals surface area contributed by atoms with E-state index in [9.17, 15) is 4.79 Å². The van der Waals surface area contributed by atoms with Crippen molar-refractivity contribution in [2.24, 2.45) is 0 Å². The predicted molar refractivity (Wildman–Crippen MR) is 112 cm³/mol. The zero-order valence-corrected chi connectivity index (χ0v) is 17.2. The van der Waals surface area contributed by atoms with Crippen molar-refractivity contribution < 1.29 is 9.32 Å². The fourth-order valence-corrected chi connectivity index (χ4v) is 4.80. The lowest BCUT2D eigenvalue weighted by Gasteiger charge is -2.44. The third-order valence-electron chi connectivity index (χ3n) is 6.70. The van der Waals surface area contributed by atoms with Crippen LogP contribution >= 0.6 is 0 Å². The monoisotopic (exact) mass is 394 g/mol. The topological polar surface area (TPSA) is 52.8 Å². The van der Waals surface area contributed by atoms with E-state index in [-0.39, 0.29) is 5.91 Å². The van der Waals surface area contributed by atoms with E-state index in [0.717, 1.165) is 64.3 Å². The van der Waals surface area contributed by atoms with Crippen LogP contribution in [0.25, 0.3) is 0 Å². The molecular formula is C23H30N4O2. The highest BCUT2D eigenvalue weighted by atomic mass is 16.5. The summed E-state index contributed by atoms with van der Waals surface area (Å²) < 4.78 is 5.39. The molecule has 1 aromatic heterocycles. The minimum atomic E-state index is 0.0314. The number of hydrogen-bond acceptors (Lipinski definition) is 5. The number of para-hydroxylation sites is 1. The number of benzene rings is 1. The molecule has 2 aliphatic heterocycles. The Bertz CT molecular complexity index is 867. The first-order valence-corrected chi connectivity index (χ1v) is 11.0. The number of carbonyl (C=O) groups is 1. The van der Waals surface area contributed by atoms with Gasteiger partial charge >= 0.3 is 0 Å². The van der Waals surface area contributed by atoms with E-state index in [1.165, 1.54) is 17.7 Å². The second-order valence-electron chi connectivity index (χ2n) is 8.75.